The number of nitrogens with zero attached hydrogens (tertiary/aromatic N) is 3. The van der Waals surface area contributed by atoms with Gasteiger partial charge < -0.3 is 9.13 Å². The van der Waals surface area contributed by atoms with Crippen LogP contribution in [0.5, 0.6) is 0 Å². The summed E-state index contributed by atoms with van der Waals surface area (Å²) in [4.78, 5) is 4.26. The molecule has 0 spiro atoms. The summed E-state index contributed by atoms with van der Waals surface area (Å²) in [5.74, 6) is 0. The summed E-state index contributed by atoms with van der Waals surface area (Å²) in [6.07, 6.45) is 3.94. The van der Waals surface area contributed by atoms with Crippen molar-refractivity contribution in [1.29, 1.82) is 0 Å². The molecule has 0 unspecified atom stereocenters. The third kappa shape index (κ3) is 0.858. The molecule has 0 atom stereocenters. The molecule has 2 heterocycles. The van der Waals surface area contributed by atoms with Crippen molar-refractivity contribution in [3.63, 3.8) is 0 Å². The van der Waals surface area contributed by atoms with E-state index in [2.05, 4.69) is 40.2 Å². The SMILES string of the molecule is CC(C)n1ccc2ncn(C)c21. The fourth-order valence-corrected chi connectivity index (χ4v) is 1.51. The molecule has 0 aliphatic rings. The lowest BCUT2D eigenvalue weighted by Gasteiger charge is -2.08. The van der Waals surface area contributed by atoms with Crippen molar-refractivity contribution in [2.75, 3.05) is 0 Å². The predicted octanol–water partition coefficient (Wildman–Crippen LogP) is 1.96. The van der Waals surface area contributed by atoms with Crippen LogP contribution in [-0.4, -0.2) is 14.1 Å². The minimum absolute atomic E-state index is 0.498. The molecule has 0 N–H and O–H groups in total. The first-order valence-electron chi connectivity index (χ1n) is 4.18. The molecule has 0 bridgehead atoms. The summed E-state index contributed by atoms with van der Waals surface area (Å²) in [5, 5.41) is 0. The van der Waals surface area contributed by atoms with Crippen LogP contribution in [0.4, 0.5) is 0 Å². The van der Waals surface area contributed by atoms with Gasteiger partial charge in [-0.3, -0.25) is 0 Å². The van der Waals surface area contributed by atoms with E-state index < -0.39 is 0 Å². The van der Waals surface area contributed by atoms with Gasteiger partial charge in [-0.1, -0.05) is 0 Å². The second-order valence-electron chi connectivity index (χ2n) is 3.38. The third-order valence-corrected chi connectivity index (χ3v) is 2.13. The summed E-state index contributed by atoms with van der Waals surface area (Å²) in [5.41, 5.74) is 2.27. The summed E-state index contributed by atoms with van der Waals surface area (Å²) < 4.78 is 4.28. The van der Waals surface area contributed by atoms with Gasteiger partial charge in [-0.15, -0.1) is 0 Å². The maximum Gasteiger partial charge on any atom is 0.140 e. The molecule has 0 saturated heterocycles. The smallest absolute Gasteiger partial charge is 0.140 e. The van der Waals surface area contributed by atoms with Gasteiger partial charge in [0.2, 0.25) is 0 Å². The highest BCUT2D eigenvalue weighted by atomic mass is 15.2. The Morgan fingerprint density at radius 3 is 2.83 bits per heavy atom. The Bertz CT molecular complexity index is 395. The van der Waals surface area contributed by atoms with Crippen molar-refractivity contribution in [3.05, 3.63) is 18.6 Å². The Morgan fingerprint density at radius 2 is 2.17 bits per heavy atom. The van der Waals surface area contributed by atoms with E-state index in [0.29, 0.717) is 6.04 Å². The third-order valence-electron chi connectivity index (χ3n) is 2.13. The zero-order valence-corrected chi connectivity index (χ0v) is 7.65. The van der Waals surface area contributed by atoms with Crippen molar-refractivity contribution in [2.24, 2.45) is 7.05 Å². The van der Waals surface area contributed by atoms with Crippen LogP contribution in [0.2, 0.25) is 0 Å². The quantitative estimate of drug-likeness (QED) is 0.630. The average molecular weight is 163 g/mol. The summed E-state index contributed by atoms with van der Waals surface area (Å²) in [6, 6.07) is 2.55. The van der Waals surface area contributed by atoms with Crippen LogP contribution < -0.4 is 0 Å². The molecule has 0 saturated carbocycles. The minimum Gasteiger partial charge on any atom is -0.330 e. The molecule has 2 rings (SSSR count). The average Bonchev–Trinajstić information content (AvgIpc) is 2.53. The number of imidazole rings is 1. The van der Waals surface area contributed by atoms with Crippen molar-refractivity contribution in [1.82, 2.24) is 14.1 Å². The molecule has 2 aromatic rings. The summed E-state index contributed by atoms with van der Waals surface area (Å²) in [7, 11) is 2.02. The van der Waals surface area contributed by atoms with Gasteiger partial charge in [0.1, 0.15) is 11.2 Å². The van der Waals surface area contributed by atoms with Gasteiger partial charge in [0.25, 0.3) is 0 Å². The molecule has 12 heavy (non-hydrogen) atoms. The Labute approximate surface area is 71.6 Å². The number of fused-ring (bicyclic) bond motifs is 1. The van der Waals surface area contributed by atoms with E-state index in [-0.39, 0.29) is 0 Å². The highest BCUT2D eigenvalue weighted by molar-refractivity contribution is 5.72. The fourth-order valence-electron chi connectivity index (χ4n) is 1.51. The van der Waals surface area contributed by atoms with Crippen LogP contribution in [0.3, 0.4) is 0 Å². The molecule has 0 aliphatic carbocycles. The first-order chi connectivity index (χ1) is 5.70. The summed E-state index contributed by atoms with van der Waals surface area (Å²) in [6.45, 7) is 4.35. The number of hydrogen-bond acceptors (Lipinski definition) is 1. The maximum absolute atomic E-state index is 4.26. The van der Waals surface area contributed by atoms with E-state index in [0.717, 1.165) is 5.52 Å². The van der Waals surface area contributed by atoms with E-state index in [1.165, 1.54) is 5.65 Å². The largest absolute Gasteiger partial charge is 0.330 e. The lowest BCUT2D eigenvalue weighted by molar-refractivity contribution is 0.609. The van der Waals surface area contributed by atoms with Crippen LogP contribution in [0.15, 0.2) is 18.6 Å². The fraction of sp³-hybridized carbons (Fsp3) is 0.444. The Hall–Kier alpha value is -1.25. The lowest BCUT2D eigenvalue weighted by Crippen LogP contribution is -2.01. The zero-order chi connectivity index (χ0) is 8.72. The minimum atomic E-state index is 0.498. The van der Waals surface area contributed by atoms with Gasteiger partial charge >= 0.3 is 0 Å². The first kappa shape index (κ1) is 7.40. The summed E-state index contributed by atoms with van der Waals surface area (Å²) >= 11 is 0. The van der Waals surface area contributed by atoms with Gasteiger partial charge in [0, 0.05) is 19.3 Å². The van der Waals surface area contributed by atoms with Gasteiger partial charge in [0.15, 0.2) is 0 Å². The van der Waals surface area contributed by atoms with Crippen LogP contribution in [0.1, 0.15) is 19.9 Å². The Morgan fingerprint density at radius 1 is 1.42 bits per heavy atom. The Kier molecular flexibility index (Phi) is 1.46. The number of rotatable bonds is 1. The van der Waals surface area contributed by atoms with Crippen LogP contribution in [0.25, 0.3) is 11.2 Å². The normalized spacial score (nSPS) is 11.7. The molecule has 3 nitrogen and oxygen atoms in total. The van der Waals surface area contributed by atoms with E-state index in [1.54, 1.807) is 0 Å². The van der Waals surface area contributed by atoms with Gasteiger partial charge in [-0.05, 0) is 19.9 Å². The molecule has 3 heteroatoms. The molecular formula is C9H13N3. The molecule has 64 valence electrons. The number of hydrogen-bond donors (Lipinski definition) is 0. The Balaban J connectivity index is 2.75. The lowest BCUT2D eigenvalue weighted by atomic mass is 10.4. The number of aromatic nitrogens is 3. The molecule has 0 amide bonds. The van der Waals surface area contributed by atoms with E-state index in [4.69, 9.17) is 0 Å². The molecule has 0 aromatic carbocycles. The topological polar surface area (TPSA) is 22.8 Å². The van der Waals surface area contributed by atoms with Crippen molar-refractivity contribution >= 4 is 11.2 Å². The van der Waals surface area contributed by atoms with Crippen LogP contribution in [0, 0.1) is 0 Å². The number of aryl methyl sites for hydroxylation is 1. The first-order valence-corrected chi connectivity index (χ1v) is 4.18. The molecule has 0 aliphatic heterocycles. The molecule has 2 aromatic heterocycles. The zero-order valence-electron chi connectivity index (χ0n) is 7.65. The van der Waals surface area contributed by atoms with Crippen molar-refractivity contribution in [2.45, 2.75) is 19.9 Å². The van der Waals surface area contributed by atoms with E-state index >= 15 is 0 Å². The standard InChI is InChI=1S/C9H13N3/c1-7(2)12-5-4-8-9(12)11(3)6-10-8/h4-7H,1-3H3. The van der Waals surface area contributed by atoms with E-state index in [9.17, 15) is 0 Å². The van der Waals surface area contributed by atoms with Gasteiger partial charge in [0.05, 0.1) is 6.33 Å². The second-order valence-corrected chi connectivity index (χ2v) is 3.38. The highest BCUT2D eigenvalue weighted by Gasteiger charge is 2.07. The highest BCUT2D eigenvalue weighted by Crippen LogP contribution is 2.17. The predicted molar refractivity (Wildman–Crippen MR) is 49.1 cm³/mol. The second kappa shape index (κ2) is 2.37. The van der Waals surface area contributed by atoms with Gasteiger partial charge in [-0.25, -0.2) is 4.98 Å². The monoisotopic (exact) mass is 163 g/mol. The van der Waals surface area contributed by atoms with Crippen molar-refractivity contribution < 1.29 is 0 Å². The molecule has 0 radical (unpaired) electrons. The van der Waals surface area contributed by atoms with Gasteiger partial charge in [-0.2, -0.15) is 0 Å². The van der Waals surface area contributed by atoms with Crippen LogP contribution in [-0.2, 0) is 7.05 Å². The van der Waals surface area contributed by atoms with E-state index in [1.807, 2.05) is 13.4 Å². The van der Waals surface area contributed by atoms with Crippen molar-refractivity contribution in [3.8, 4) is 0 Å². The maximum atomic E-state index is 4.26. The van der Waals surface area contributed by atoms with Crippen LogP contribution >= 0.6 is 0 Å². The molecular weight excluding hydrogens is 150 g/mol. The molecule has 0 fully saturated rings.